The molecule has 2 aliphatic heterocycles. The molecule has 2 atom stereocenters. The number of rotatable bonds is 4. The fourth-order valence-electron chi connectivity index (χ4n) is 4.12. The van der Waals surface area contributed by atoms with Gasteiger partial charge in [0.15, 0.2) is 0 Å². The minimum Gasteiger partial charge on any atom is -0.301 e. The maximum atomic E-state index is 2.79. The number of nitrogens with zero attached hydrogens (tertiary/aromatic N) is 2. The second-order valence-electron chi connectivity index (χ2n) is 7.95. The van der Waals surface area contributed by atoms with Gasteiger partial charge in [-0.3, -0.25) is 0 Å². The van der Waals surface area contributed by atoms with Crippen molar-refractivity contribution in [3.63, 3.8) is 0 Å². The minimum absolute atomic E-state index is 0.733. The van der Waals surface area contributed by atoms with E-state index in [-0.39, 0.29) is 0 Å². The van der Waals surface area contributed by atoms with Crippen LogP contribution < -0.4 is 0 Å². The van der Waals surface area contributed by atoms with Crippen LogP contribution in [0, 0.1) is 17.8 Å². The van der Waals surface area contributed by atoms with Crippen LogP contribution in [-0.2, 0) is 0 Å². The van der Waals surface area contributed by atoms with Gasteiger partial charge in [0.25, 0.3) is 0 Å². The molecule has 0 N–H and O–H groups in total. The van der Waals surface area contributed by atoms with Gasteiger partial charge in [0.2, 0.25) is 0 Å². The average Bonchev–Trinajstić information content (AvgIpc) is 2.41. The van der Waals surface area contributed by atoms with E-state index >= 15 is 0 Å². The van der Waals surface area contributed by atoms with Crippen molar-refractivity contribution in [3.8, 4) is 0 Å². The van der Waals surface area contributed by atoms with Crippen LogP contribution in [0.5, 0.6) is 0 Å². The third-order valence-corrected chi connectivity index (χ3v) is 5.87. The predicted molar refractivity (Wildman–Crippen MR) is 88.0 cm³/mol. The van der Waals surface area contributed by atoms with Gasteiger partial charge in [0, 0.05) is 18.6 Å². The van der Waals surface area contributed by atoms with Gasteiger partial charge in [-0.25, -0.2) is 0 Å². The van der Waals surface area contributed by atoms with Crippen molar-refractivity contribution in [1.29, 1.82) is 0 Å². The summed E-state index contributed by atoms with van der Waals surface area (Å²) in [5, 5.41) is 0. The molecule has 2 aliphatic rings. The summed E-state index contributed by atoms with van der Waals surface area (Å²) in [5.74, 6) is 2.78. The van der Waals surface area contributed by atoms with Crippen LogP contribution >= 0.6 is 0 Å². The number of piperidine rings is 2. The van der Waals surface area contributed by atoms with Crippen molar-refractivity contribution in [2.75, 3.05) is 26.2 Å². The van der Waals surface area contributed by atoms with E-state index in [9.17, 15) is 0 Å². The lowest BCUT2D eigenvalue weighted by Crippen LogP contribution is -2.46. The molecule has 2 nitrogen and oxygen atoms in total. The average molecular weight is 280 g/mol. The standard InChI is InChI=1S/C18H36N2/c1-14(2)18-8-11-20(16(5)12-18)13-17-6-9-19(10-7-17)15(3)4/h14-18H,6-13H2,1-5H3/t16-,18-/m1/s1. The van der Waals surface area contributed by atoms with E-state index in [0.29, 0.717) is 0 Å². The molecule has 0 saturated carbocycles. The molecule has 0 radical (unpaired) electrons. The van der Waals surface area contributed by atoms with Crippen molar-refractivity contribution in [3.05, 3.63) is 0 Å². The molecular formula is C18H36N2. The Morgan fingerprint density at radius 1 is 0.950 bits per heavy atom. The lowest BCUT2D eigenvalue weighted by molar-refractivity contribution is 0.0645. The molecule has 0 aromatic rings. The fraction of sp³-hybridized carbons (Fsp3) is 1.00. The topological polar surface area (TPSA) is 6.48 Å². The lowest BCUT2D eigenvalue weighted by Gasteiger charge is -2.42. The summed E-state index contributed by atoms with van der Waals surface area (Å²) in [6.45, 7) is 17.3. The van der Waals surface area contributed by atoms with Crippen LogP contribution in [0.3, 0.4) is 0 Å². The minimum atomic E-state index is 0.733. The van der Waals surface area contributed by atoms with E-state index in [1.807, 2.05) is 0 Å². The van der Waals surface area contributed by atoms with E-state index in [1.165, 1.54) is 51.9 Å². The molecule has 2 saturated heterocycles. The summed E-state index contributed by atoms with van der Waals surface area (Å²) in [6, 6.07) is 1.54. The van der Waals surface area contributed by atoms with E-state index in [1.54, 1.807) is 0 Å². The summed E-state index contributed by atoms with van der Waals surface area (Å²) in [4.78, 5) is 5.43. The van der Waals surface area contributed by atoms with Gasteiger partial charge in [-0.2, -0.15) is 0 Å². The zero-order chi connectivity index (χ0) is 14.7. The van der Waals surface area contributed by atoms with Crippen molar-refractivity contribution < 1.29 is 0 Å². The second-order valence-corrected chi connectivity index (χ2v) is 7.95. The molecule has 2 heteroatoms. The highest BCUT2D eigenvalue weighted by atomic mass is 15.2. The largest absolute Gasteiger partial charge is 0.301 e. The normalized spacial score (nSPS) is 31.4. The van der Waals surface area contributed by atoms with Crippen LogP contribution in [0.25, 0.3) is 0 Å². The van der Waals surface area contributed by atoms with Gasteiger partial charge in [0.1, 0.15) is 0 Å². The molecule has 0 bridgehead atoms. The Labute approximate surface area is 126 Å². The fourth-order valence-corrected chi connectivity index (χ4v) is 4.12. The highest BCUT2D eigenvalue weighted by molar-refractivity contribution is 4.83. The molecule has 0 aromatic carbocycles. The Hall–Kier alpha value is -0.0800. The van der Waals surface area contributed by atoms with Gasteiger partial charge >= 0.3 is 0 Å². The van der Waals surface area contributed by atoms with Crippen LogP contribution in [-0.4, -0.2) is 48.1 Å². The molecule has 0 unspecified atom stereocenters. The van der Waals surface area contributed by atoms with Gasteiger partial charge in [0.05, 0.1) is 0 Å². The zero-order valence-electron chi connectivity index (χ0n) is 14.4. The third kappa shape index (κ3) is 4.21. The summed E-state index contributed by atoms with van der Waals surface area (Å²) >= 11 is 0. The summed E-state index contributed by atoms with van der Waals surface area (Å²) < 4.78 is 0. The van der Waals surface area contributed by atoms with E-state index < -0.39 is 0 Å². The Balaban J connectivity index is 1.75. The van der Waals surface area contributed by atoms with Crippen molar-refractivity contribution in [1.82, 2.24) is 9.80 Å². The molecule has 2 heterocycles. The van der Waals surface area contributed by atoms with Crippen molar-refractivity contribution in [2.24, 2.45) is 17.8 Å². The van der Waals surface area contributed by atoms with Gasteiger partial charge in [-0.15, -0.1) is 0 Å². The number of hydrogen-bond acceptors (Lipinski definition) is 2. The second kappa shape index (κ2) is 7.26. The lowest BCUT2D eigenvalue weighted by atomic mass is 9.82. The number of hydrogen-bond donors (Lipinski definition) is 0. The van der Waals surface area contributed by atoms with Crippen LogP contribution in [0.15, 0.2) is 0 Å². The predicted octanol–water partition coefficient (Wildman–Crippen LogP) is 3.86. The Kier molecular flexibility index (Phi) is 5.92. The molecule has 2 fully saturated rings. The first-order chi connectivity index (χ1) is 9.47. The van der Waals surface area contributed by atoms with Gasteiger partial charge in [-0.1, -0.05) is 13.8 Å². The zero-order valence-corrected chi connectivity index (χ0v) is 14.4. The van der Waals surface area contributed by atoms with Crippen molar-refractivity contribution >= 4 is 0 Å². The highest BCUT2D eigenvalue weighted by Gasteiger charge is 2.29. The Morgan fingerprint density at radius 3 is 2.10 bits per heavy atom. The van der Waals surface area contributed by atoms with Crippen LogP contribution in [0.4, 0.5) is 0 Å². The molecular weight excluding hydrogens is 244 g/mol. The molecule has 0 spiro atoms. The maximum absolute atomic E-state index is 2.79. The van der Waals surface area contributed by atoms with Crippen LogP contribution in [0.1, 0.15) is 60.3 Å². The van der Waals surface area contributed by atoms with E-state index in [4.69, 9.17) is 0 Å². The molecule has 2 rings (SSSR count). The van der Waals surface area contributed by atoms with E-state index in [0.717, 1.165) is 29.8 Å². The molecule has 118 valence electrons. The molecule has 0 aromatic heterocycles. The number of likely N-dealkylation sites (tertiary alicyclic amines) is 2. The van der Waals surface area contributed by atoms with Crippen LogP contribution in [0.2, 0.25) is 0 Å². The monoisotopic (exact) mass is 280 g/mol. The first kappa shape index (κ1) is 16.3. The SMILES string of the molecule is CC(C)[C@@H]1CCN(CC2CCN(C(C)C)CC2)[C@H](C)C1. The Morgan fingerprint density at radius 2 is 1.60 bits per heavy atom. The summed E-state index contributed by atoms with van der Waals surface area (Å²) in [6.07, 6.45) is 5.67. The smallest absolute Gasteiger partial charge is 0.00697 e. The van der Waals surface area contributed by atoms with Gasteiger partial charge < -0.3 is 9.80 Å². The third-order valence-electron chi connectivity index (χ3n) is 5.87. The van der Waals surface area contributed by atoms with Crippen molar-refractivity contribution in [2.45, 2.75) is 72.4 Å². The highest BCUT2D eigenvalue weighted by Crippen LogP contribution is 2.30. The first-order valence-corrected chi connectivity index (χ1v) is 8.95. The van der Waals surface area contributed by atoms with E-state index in [2.05, 4.69) is 44.4 Å². The maximum Gasteiger partial charge on any atom is 0.00697 e. The summed E-state index contributed by atoms with van der Waals surface area (Å²) in [5.41, 5.74) is 0. The Bertz CT molecular complexity index is 279. The molecule has 20 heavy (non-hydrogen) atoms. The quantitative estimate of drug-likeness (QED) is 0.771. The van der Waals surface area contributed by atoms with Gasteiger partial charge in [-0.05, 0) is 83.8 Å². The summed E-state index contributed by atoms with van der Waals surface area (Å²) in [7, 11) is 0. The molecule has 0 aliphatic carbocycles. The first-order valence-electron chi connectivity index (χ1n) is 8.95. The molecule has 0 amide bonds.